The molecule has 0 saturated carbocycles. The van der Waals surface area contributed by atoms with E-state index in [9.17, 15) is 9.90 Å². The average Bonchev–Trinajstić information content (AvgIpc) is 2.63. The second-order valence-corrected chi connectivity index (χ2v) is 9.26. The van der Waals surface area contributed by atoms with Crippen LogP contribution < -0.4 is 4.74 Å². The van der Waals surface area contributed by atoms with Crippen molar-refractivity contribution < 1.29 is 14.6 Å². The molecule has 1 N–H and O–H groups in total. The van der Waals surface area contributed by atoms with Crippen molar-refractivity contribution in [2.75, 3.05) is 6.61 Å². The second-order valence-electron chi connectivity index (χ2n) is 9.26. The lowest BCUT2D eigenvalue weighted by molar-refractivity contribution is 0.0696. The zero-order valence-electron chi connectivity index (χ0n) is 19.1. The summed E-state index contributed by atoms with van der Waals surface area (Å²) in [6.07, 6.45) is 2.90. The number of carbonyl (C=O) groups is 1. The van der Waals surface area contributed by atoms with Crippen LogP contribution in [0, 0.1) is 19.3 Å². The van der Waals surface area contributed by atoms with Gasteiger partial charge < -0.3 is 9.84 Å². The molecule has 0 heterocycles. The molecule has 0 aliphatic heterocycles. The lowest BCUT2D eigenvalue weighted by Crippen LogP contribution is -2.26. The summed E-state index contributed by atoms with van der Waals surface area (Å²) in [4.78, 5) is 11.4. The van der Waals surface area contributed by atoms with E-state index in [-0.39, 0.29) is 10.8 Å². The number of aromatic carboxylic acids is 1. The molecule has 0 atom stereocenters. The van der Waals surface area contributed by atoms with Gasteiger partial charge in [0.1, 0.15) is 5.75 Å². The van der Waals surface area contributed by atoms with Crippen LogP contribution in [0.2, 0.25) is 0 Å². The number of aryl methyl sites for hydroxylation is 2. The Hall–Kier alpha value is -2.29. The van der Waals surface area contributed by atoms with Crippen molar-refractivity contribution in [3.05, 3.63) is 64.2 Å². The number of ether oxygens (including phenoxy) is 1. The Morgan fingerprint density at radius 1 is 0.931 bits per heavy atom. The maximum atomic E-state index is 11.4. The van der Waals surface area contributed by atoms with Crippen molar-refractivity contribution in [1.82, 2.24) is 0 Å². The molecule has 2 aromatic carbocycles. The van der Waals surface area contributed by atoms with Gasteiger partial charge in [-0.25, -0.2) is 4.79 Å². The van der Waals surface area contributed by atoms with Crippen LogP contribution in [0.25, 0.3) is 0 Å². The zero-order chi connectivity index (χ0) is 21.8. The lowest BCUT2D eigenvalue weighted by Gasteiger charge is -2.34. The Balaban J connectivity index is 2.38. The van der Waals surface area contributed by atoms with Crippen molar-refractivity contribution in [2.45, 2.75) is 73.1 Å². The fourth-order valence-corrected chi connectivity index (χ4v) is 4.01. The van der Waals surface area contributed by atoms with Gasteiger partial charge in [0.2, 0.25) is 0 Å². The molecule has 0 unspecified atom stereocenters. The minimum atomic E-state index is -0.875. The molecule has 29 heavy (non-hydrogen) atoms. The fourth-order valence-electron chi connectivity index (χ4n) is 4.01. The molecular formula is C26H36O3. The summed E-state index contributed by atoms with van der Waals surface area (Å²) in [5, 5.41) is 9.36. The summed E-state index contributed by atoms with van der Waals surface area (Å²) >= 11 is 0. The molecule has 0 aliphatic carbocycles. The van der Waals surface area contributed by atoms with Gasteiger partial charge in [-0.15, -0.1) is 0 Å². The van der Waals surface area contributed by atoms with Crippen LogP contribution in [-0.4, -0.2) is 17.7 Å². The normalized spacial score (nSPS) is 12.1. The molecule has 0 aromatic heterocycles. The predicted octanol–water partition coefficient (Wildman–Crippen LogP) is 6.92. The van der Waals surface area contributed by atoms with E-state index in [0.29, 0.717) is 12.2 Å². The minimum Gasteiger partial charge on any atom is -0.493 e. The third-order valence-corrected chi connectivity index (χ3v) is 6.05. The summed E-state index contributed by atoms with van der Waals surface area (Å²) < 4.78 is 6.05. The summed E-state index contributed by atoms with van der Waals surface area (Å²) in [5.74, 6) is 0.0664. The van der Waals surface area contributed by atoms with E-state index in [4.69, 9.17) is 4.74 Å². The van der Waals surface area contributed by atoms with Crippen molar-refractivity contribution in [1.29, 1.82) is 0 Å². The van der Waals surface area contributed by atoms with Crippen molar-refractivity contribution >= 4 is 5.97 Å². The van der Waals surface area contributed by atoms with Gasteiger partial charge in [0.25, 0.3) is 0 Å². The van der Waals surface area contributed by atoms with E-state index in [1.807, 2.05) is 19.1 Å². The van der Waals surface area contributed by atoms with Gasteiger partial charge in [0.15, 0.2) is 0 Å². The van der Waals surface area contributed by atoms with Crippen LogP contribution in [0.1, 0.15) is 86.5 Å². The highest BCUT2D eigenvalue weighted by atomic mass is 16.5. The third kappa shape index (κ3) is 5.20. The van der Waals surface area contributed by atoms with Gasteiger partial charge in [0.05, 0.1) is 12.2 Å². The average molecular weight is 397 g/mol. The molecule has 0 aliphatic rings. The number of hydrogen-bond acceptors (Lipinski definition) is 2. The molecule has 3 heteroatoms. The summed E-state index contributed by atoms with van der Waals surface area (Å²) in [6.45, 7) is 15.8. The minimum absolute atomic E-state index is 0.142. The highest BCUT2D eigenvalue weighted by molar-refractivity contribution is 5.89. The molecule has 2 rings (SSSR count). The van der Waals surface area contributed by atoms with Gasteiger partial charge in [-0.3, -0.25) is 0 Å². The number of benzene rings is 2. The number of rotatable bonds is 8. The largest absolute Gasteiger partial charge is 0.493 e. The van der Waals surface area contributed by atoms with E-state index in [0.717, 1.165) is 36.1 Å². The lowest BCUT2D eigenvalue weighted by atomic mass is 9.70. The van der Waals surface area contributed by atoms with Crippen LogP contribution in [0.3, 0.4) is 0 Å². The van der Waals surface area contributed by atoms with Crippen molar-refractivity contribution in [2.24, 2.45) is 5.41 Å². The highest BCUT2D eigenvalue weighted by Crippen LogP contribution is 2.41. The Morgan fingerprint density at radius 2 is 1.48 bits per heavy atom. The molecule has 0 bridgehead atoms. The number of carboxylic acid groups (broad SMARTS) is 1. The number of carboxylic acids is 1. The van der Waals surface area contributed by atoms with E-state index in [1.54, 1.807) is 6.07 Å². The molecule has 2 aromatic rings. The maximum absolute atomic E-state index is 11.4. The van der Waals surface area contributed by atoms with E-state index >= 15 is 0 Å². The Bertz CT molecular complexity index is 855. The van der Waals surface area contributed by atoms with Crippen LogP contribution in [0.5, 0.6) is 5.75 Å². The number of hydrogen-bond donors (Lipinski definition) is 1. The first-order valence-electron chi connectivity index (χ1n) is 10.6. The maximum Gasteiger partial charge on any atom is 0.335 e. The van der Waals surface area contributed by atoms with E-state index in [1.165, 1.54) is 11.1 Å². The second kappa shape index (κ2) is 9.02. The summed E-state index contributed by atoms with van der Waals surface area (Å²) in [6, 6.07) is 12.3. The van der Waals surface area contributed by atoms with Crippen molar-refractivity contribution in [3.63, 3.8) is 0 Å². The summed E-state index contributed by atoms with van der Waals surface area (Å²) in [5.41, 5.74) is 4.86. The molecule has 0 amide bonds. The molecule has 0 radical (unpaired) electrons. The molecular weight excluding hydrogens is 360 g/mol. The molecule has 0 saturated heterocycles. The smallest absolute Gasteiger partial charge is 0.335 e. The van der Waals surface area contributed by atoms with Gasteiger partial charge >= 0.3 is 5.97 Å². The Morgan fingerprint density at radius 3 is 1.93 bits per heavy atom. The highest BCUT2D eigenvalue weighted by Gasteiger charge is 2.31. The van der Waals surface area contributed by atoms with Crippen LogP contribution in [0.4, 0.5) is 0 Å². The van der Waals surface area contributed by atoms with E-state index < -0.39 is 5.97 Å². The SMILES string of the molecule is CCC(CC)(c1ccc(OCCC(C)(C)C)c(C)c1)c1ccc(C(=O)O)c(C)c1. The van der Waals surface area contributed by atoms with Gasteiger partial charge in [-0.1, -0.05) is 58.9 Å². The first-order valence-corrected chi connectivity index (χ1v) is 10.6. The molecule has 0 fully saturated rings. The topological polar surface area (TPSA) is 46.5 Å². The Kier molecular flexibility index (Phi) is 7.15. The first kappa shape index (κ1) is 23.0. The third-order valence-electron chi connectivity index (χ3n) is 6.05. The molecule has 0 spiro atoms. The Labute approximate surface area is 176 Å². The van der Waals surface area contributed by atoms with E-state index in [2.05, 4.69) is 59.7 Å². The predicted molar refractivity (Wildman–Crippen MR) is 120 cm³/mol. The zero-order valence-corrected chi connectivity index (χ0v) is 19.1. The summed E-state index contributed by atoms with van der Waals surface area (Å²) in [7, 11) is 0. The van der Waals surface area contributed by atoms with Crippen LogP contribution in [0.15, 0.2) is 36.4 Å². The first-order chi connectivity index (χ1) is 13.5. The van der Waals surface area contributed by atoms with Crippen molar-refractivity contribution in [3.8, 4) is 5.75 Å². The van der Waals surface area contributed by atoms with Crippen LogP contribution >= 0.6 is 0 Å². The van der Waals surface area contributed by atoms with Gasteiger partial charge in [-0.05, 0) is 72.9 Å². The fraction of sp³-hybridized carbons (Fsp3) is 0.500. The van der Waals surface area contributed by atoms with Crippen LogP contribution in [-0.2, 0) is 5.41 Å². The van der Waals surface area contributed by atoms with Gasteiger partial charge in [0, 0.05) is 5.41 Å². The molecule has 158 valence electrons. The molecule has 3 nitrogen and oxygen atoms in total. The quantitative estimate of drug-likeness (QED) is 0.526. The van der Waals surface area contributed by atoms with Gasteiger partial charge in [-0.2, -0.15) is 0 Å². The monoisotopic (exact) mass is 396 g/mol. The standard InChI is InChI=1S/C26H36O3/c1-8-26(9-2,20-10-12-22(24(27)28)18(3)16-20)21-11-13-23(19(4)17-21)29-15-14-25(5,6)7/h10-13,16-17H,8-9,14-15H2,1-7H3,(H,27,28).